The minimum Gasteiger partial charge on any atom is -0.444 e. The van der Waals surface area contributed by atoms with E-state index >= 15 is 0 Å². The number of benzene rings is 1. The summed E-state index contributed by atoms with van der Waals surface area (Å²) < 4.78 is 10.4. The number of methoxy groups -OCH3 is 1. The SMILES string of the molecule is COCc1ccccc1C(CN)NC(=O)OC(C)(C)C. The Balaban J connectivity index is 2.83. The number of alkyl carbamates (subject to hydrolysis) is 1. The number of hydrogen-bond acceptors (Lipinski definition) is 4. The molecule has 0 spiro atoms. The number of ether oxygens (including phenoxy) is 2. The second kappa shape index (κ2) is 7.26. The molecule has 0 heterocycles. The minimum atomic E-state index is -0.532. The van der Waals surface area contributed by atoms with Gasteiger partial charge in [-0.15, -0.1) is 0 Å². The number of carbonyl (C=O) groups excluding carboxylic acids is 1. The van der Waals surface area contributed by atoms with E-state index in [1.807, 2.05) is 45.0 Å². The smallest absolute Gasteiger partial charge is 0.408 e. The first kappa shape index (κ1) is 16.5. The van der Waals surface area contributed by atoms with E-state index in [0.29, 0.717) is 13.2 Å². The van der Waals surface area contributed by atoms with Gasteiger partial charge in [-0.2, -0.15) is 0 Å². The molecule has 5 heteroatoms. The summed E-state index contributed by atoms with van der Waals surface area (Å²) in [6, 6.07) is 7.44. The van der Waals surface area contributed by atoms with Crippen LogP contribution in [0.1, 0.15) is 37.9 Å². The maximum atomic E-state index is 11.9. The predicted molar refractivity (Wildman–Crippen MR) is 78.3 cm³/mol. The molecule has 1 atom stereocenters. The lowest BCUT2D eigenvalue weighted by molar-refractivity contribution is 0.0504. The van der Waals surface area contributed by atoms with Crippen LogP contribution in [0.2, 0.25) is 0 Å². The molecular weight excluding hydrogens is 256 g/mol. The zero-order valence-electron chi connectivity index (χ0n) is 12.6. The average Bonchev–Trinajstić information content (AvgIpc) is 2.35. The molecule has 20 heavy (non-hydrogen) atoms. The fraction of sp³-hybridized carbons (Fsp3) is 0.533. The Labute approximate surface area is 120 Å². The first-order valence-corrected chi connectivity index (χ1v) is 6.63. The van der Waals surface area contributed by atoms with Gasteiger partial charge in [0.2, 0.25) is 0 Å². The Kier molecular flexibility index (Phi) is 5.98. The fourth-order valence-electron chi connectivity index (χ4n) is 1.87. The third-order valence-corrected chi connectivity index (χ3v) is 2.66. The average molecular weight is 280 g/mol. The molecule has 0 aliphatic carbocycles. The van der Waals surface area contributed by atoms with Crippen molar-refractivity contribution in [2.75, 3.05) is 13.7 Å². The highest BCUT2D eigenvalue weighted by molar-refractivity contribution is 5.68. The quantitative estimate of drug-likeness (QED) is 0.868. The lowest BCUT2D eigenvalue weighted by atomic mass is 10.0. The van der Waals surface area contributed by atoms with Crippen LogP contribution in [0.5, 0.6) is 0 Å². The number of amides is 1. The topological polar surface area (TPSA) is 73.6 Å². The van der Waals surface area contributed by atoms with Gasteiger partial charge in [-0.3, -0.25) is 0 Å². The van der Waals surface area contributed by atoms with Gasteiger partial charge < -0.3 is 20.5 Å². The van der Waals surface area contributed by atoms with Crippen molar-refractivity contribution in [3.8, 4) is 0 Å². The standard InChI is InChI=1S/C15H24N2O3/c1-15(2,3)20-14(18)17-13(9-16)12-8-6-5-7-11(12)10-19-4/h5-8,13H,9-10,16H2,1-4H3,(H,17,18). The monoisotopic (exact) mass is 280 g/mol. The summed E-state index contributed by atoms with van der Waals surface area (Å²) >= 11 is 0. The summed E-state index contributed by atoms with van der Waals surface area (Å²) in [5.41, 5.74) is 7.19. The molecule has 1 rings (SSSR count). The highest BCUT2D eigenvalue weighted by Crippen LogP contribution is 2.19. The van der Waals surface area contributed by atoms with Gasteiger partial charge in [0.05, 0.1) is 12.6 Å². The van der Waals surface area contributed by atoms with Crippen LogP contribution < -0.4 is 11.1 Å². The van der Waals surface area contributed by atoms with Crippen molar-refractivity contribution >= 4 is 6.09 Å². The van der Waals surface area contributed by atoms with Crippen LogP contribution in [0.15, 0.2) is 24.3 Å². The summed E-state index contributed by atoms with van der Waals surface area (Å²) in [4.78, 5) is 11.9. The minimum absolute atomic E-state index is 0.292. The Morgan fingerprint density at radius 2 is 2.00 bits per heavy atom. The van der Waals surface area contributed by atoms with Crippen molar-refractivity contribution in [2.45, 2.75) is 39.0 Å². The van der Waals surface area contributed by atoms with Crippen LogP contribution in [0.4, 0.5) is 4.79 Å². The number of hydrogen-bond donors (Lipinski definition) is 2. The van der Waals surface area contributed by atoms with E-state index in [2.05, 4.69) is 5.32 Å². The second-order valence-corrected chi connectivity index (χ2v) is 5.57. The molecule has 0 radical (unpaired) electrons. The third-order valence-electron chi connectivity index (χ3n) is 2.66. The number of carbonyl (C=O) groups is 1. The molecule has 0 aliphatic heterocycles. The summed E-state index contributed by atoms with van der Waals surface area (Å²) in [5.74, 6) is 0. The van der Waals surface area contributed by atoms with Crippen molar-refractivity contribution < 1.29 is 14.3 Å². The van der Waals surface area contributed by atoms with E-state index in [1.165, 1.54) is 0 Å². The van der Waals surface area contributed by atoms with E-state index in [4.69, 9.17) is 15.2 Å². The van der Waals surface area contributed by atoms with Gasteiger partial charge in [0.25, 0.3) is 0 Å². The maximum absolute atomic E-state index is 11.9. The van der Waals surface area contributed by atoms with Crippen molar-refractivity contribution in [2.24, 2.45) is 5.73 Å². The molecule has 5 nitrogen and oxygen atoms in total. The highest BCUT2D eigenvalue weighted by Gasteiger charge is 2.21. The van der Waals surface area contributed by atoms with Crippen LogP contribution in [0.25, 0.3) is 0 Å². The molecule has 112 valence electrons. The van der Waals surface area contributed by atoms with Gasteiger partial charge in [0.1, 0.15) is 5.60 Å². The number of nitrogens with two attached hydrogens (primary N) is 1. The zero-order valence-corrected chi connectivity index (χ0v) is 12.6. The van der Waals surface area contributed by atoms with Gasteiger partial charge >= 0.3 is 6.09 Å². The third kappa shape index (κ3) is 5.19. The van der Waals surface area contributed by atoms with Crippen LogP contribution in [-0.2, 0) is 16.1 Å². The van der Waals surface area contributed by atoms with E-state index in [0.717, 1.165) is 11.1 Å². The fourth-order valence-corrected chi connectivity index (χ4v) is 1.87. The summed E-state index contributed by atoms with van der Waals surface area (Å²) in [5, 5.41) is 2.80. The lowest BCUT2D eigenvalue weighted by Gasteiger charge is -2.24. The largest absolute Gasteiger partial charge is 0.444 e. The molecular formula is C15H24N2O3. The van der Waals surface area contributed by atoms with Crippen LogP contribution in [-0.4, -0.2) is 25.3 Å². The van der Waals surface area contributed by atoms with Gasteiger partial charge in [-0.1, -0.05) is 24.3 Å². The Morgan fingerprint density at radius 1 is 1.35 bits per heavy atom. The van der Waals surface area contributed by atoms with Gasteiger partial charge in [0, 0.05) is 13.7 Å². The maximum Gasteiger partial charge on any atom is 0.408 e. The van der Waals surface area contributed by atoms with Gasteiger partial charge in [0.15, 0.2) is 0 Å². The van der Waals surface area contributed by atoms with Gasteiger partial charge in [-0.05, 0) is 31.9 Å². The Morgan fingerprint density at radius 3 is 2.55 bits per heavy atom. The van der Waals surface area contributed by atoms with Gasteiger partial charge in [-0.25, -0.2) is 4.79 Å². The molecule has 1 aromatic carbocycles. The summed E-state index contributed by atoms with van der Waals surface area (Å²) in [6.07, 6.45) is -0.472. The number of nitrogens with one attached hydrogen (secondary N) is 1. The molecule has 0 saturated carbocycles. The van der Waals surface area contributed by atoms with Crippen LogP contribution >= 0.6 is 0 Å². The normalized spacial score (nSPS) is 12.8. The zero-order chi connectivity index (χ0) is 15.2. The van der Waals surface area contributed by atoms with Crippen LogP contribution in [0, 0.1) is 0 Å². The first-order chi connectivity index (χ1) is 9.37. The lowest BCUT2D eigenvalue weighted by Crippen LogP contribution is -2.38. The molecule has 1 unspecified atom stereocenters. The van der Waals surface area contributed by atoms with Crippen molar-refractivity contribution in [3.63, 3.8) is 0 Å². The first-order valence-electron chi connectivity index (χ1n) is 6.63. The van der Waals surface area contributed by atoms with Crippen LogP contribution in [0.3, 0.4) is 0 Å². The molecule has 0 bridgehead atoms. The highest BCUT2D eigenvalue weighted by atomic mass is 16.6. The Bertz CT molecular complexity index is 441. The van der Waals surface area contributed by atoms with Crippen molar-refractivity contribution in [1.82, 2.24) is 5.32 Å². The molecule has 0 aromatic heterocycles. The summed E-state index contributed by atoms with van der Waals surface area (Å²) in [7, 11) is 1.63. The Hall–Kier alpha value is -1.59. The van der Waals surface area contributed by atoms with Crippen molar-refractivity contribution in [1.29, 1.82) is 0 Å². The molecule has 0 saturated heterocycles. The number of rotatable bonds is 5. The summed E-state index contributed by atoms with van der Waals surface area (Å²) in [6.45, 7) is 6.23. The molecule has 0 aliphatic rings. The second-order valence-electron chi connectivity index (χ2n) is 5.57. The molecule has 1 aromatic rings. The van der Waals surface area contributed by atoms with E-state index < -0.39 is 11.7 Å². The van der Waals surface area contributed by atoms with Crippen molar-refractivity contribution in [3.05, 3.63) is 35.4 Å². The van der Waals surface area contributed by atoms with E-state index in [1.54, 1.807) is 7.11 Å². The molecule has 1 amide bonds. The van der Waals surface area contributed by atoms with E-state index in [9.17, 15) is 4.79 Å². The molecule has 0 fully saturated rings. The predicted octanol–water partition coefficient (Wildman–Crippen LogP) is 2.36. The van der Waals surface area contributed by atoms with E-state index in [-0.39, 0.29) is 6.04 Å². The molecule has 3 N–H and O–H groups in total.